The van der Waals surface area contributed by atoms with Crippen LogP contribution >= 0.6 is 0 Å². The topological polar surface area (TPSA) is 88.2 Å². The standard InChI is InChI=1S/C24H27N3O3S/c1-15-11-21(25-14-22(15)27-31(4,29)30)16(2)26-23(28)19-6-5-18-13-20(24(3)9-10-24)8-7-17(18)12-19/h5-8,11-14,16,27H,9-10H2,1-4H3,(H,26,28)/t16-/m1/s1. The van der Waals surface area contributed by atoms with Crippen molar-refractivity contribution in [3.05, 3.63) is 71.0 Å². The fraction of sp³-hybridized carbons (Fsp3) is 0.333. The molecule has 0 spiro atoms. The number of hydrogen-bond acceptors (Lipinski definition) is 4. The average molecular weight is 438 g/mol. The highest BCUT2D eigenvalue weighted by Crippen LogP contribution is 2.48. The number of sulfonamides is 1. The predicted molar refractivity (Wildman–Crippen MR) is 124 cm³/mol. The Labute approximate surface area is 183 Å². The van der Waals surface area contributed by atoms with E-state index >= 15 is 0 Å². The van der Waals surface area contributed by atoms with Crippen molar-refractivity contribution in [1.82, 2.24) is 10.3 Å². The van der Waals surface area contributed by atoms with Crippen molar-refractivity contribution in [1.29, 1.82) is 0 Å². The third-order valence-electron chi connectivity index (χ3n) is 6.02. The zero-order valence-corrected chi connectivity index (χ0v) is 19.0. The third kappa shape index (κ3) is 4.71. The second kappa shape index (κ2) is 7.64. The number of nitrogens with one attached hydrogen (secondary N) is 2. The summed E-state index contributed by atoms with van der Waals surface area (Å²) in [5.41, 5.74) is 4.10. The number of hydrogen-bond donors (Lipinski definition) is 2. The number of aromatic nitrogens is 1. The molecular weight excluding hydrogens is 410 g/mol. The predicted octanol–water partition coefficient (Wildman–Crippen LogP) is 4.46. The van der Waals surface area contributed by atoms with Crippen LogP contribution in [-0.2, 0) is 15.4 Å². The summed E-state index contributed by atoms with van der Waals surface area (Å²) >= 11 is 0. The van der Waals surface area contributed by atoms with Gasteiger partial charge in [-0.2, -0.15) is 0 Å². The molecule has 1 fully saturated rings. The monoisotopic (exact) mass is 437 g/mol. The number of benzene rings is 2. The lowest BCUT2D eigenvalue weighted by Crippen LogP contribution is -2.27. The van der Waals surface area contributed by atoms with E-state index in [1.807, 2.05) is 25.1 Å². The van der Waals surface area contributed by atoms with Crippen molar-refractivity contribution < 1.29 is 13.2 Å². The Morgan fingerprint density at radius 3 is 2.42 bits per heavy atom. The van der Waals surface area contributed by atoms with Crippen LogP contribution in [0.25, 0.3) is 10.8 Å². The first-order chi connectivity index (χ1) is 14.5. The second-order valence-corrected chi connectivity index (χ2v) is 10.6. The quantitative estimate of drug-likeness (QED) is 0.596. The molecule has 2 N–H and O–H groups in total. The van der Waals surface area contributed by atoms with Gasteiger partial charge in [0.05, 0.1) is 29.9 Å². The van der Waals surface area contributed by atoms with Gasteiger partial charge in [0.15, 0.2) is 0 Å². The zero-order valence-electron chi connectivity index (χ0n) is 18.2. The van der Waals surface area contributed by atoms with Crippen LogP contribution < -0.4 is 10.0 Å². The Morgan fingerprint density at radius 1 is 1.10 bits per heavy atom. The number of rotatable bonds is 6. The molecule has 4 rings (SSSR count). The maximum atomic E-state index is 12.8. The van der Waals surface area contributed by atoms with E-state index in [9.17, 15) is 13.2 Å². The van der Waals surface area contributed by atoms with Gasteiger partial charge in [0.2, 0.25) is 10.0 Å². The number of aryl methyl sites for hydroxylation is 1. The van der Waals surface area contributed by atoms with Gasteiger partial charge in [0.25, 0.3) is 5.91 Å². The van der Waals surface area contributed by atoms with Gasteiger partial charge in [0.1, 0.15) is 0 Å². The molecule has 0 aliphatic heterocycles. The Bertz CT molecular complexity index is 1280. The molecule has 1 aliphatic carbocycles. The van der Waals surface area contributed by atoms with Crippen molar-refractivity contribution >= 4 is 32.4 Å². The van der Waals surface area contributed by atoms with Crippen LogP contribution in [0.2, 0.25) is 0 Å². The number of nitrogens with zero attached hydrogens (tertiary/aromatic N) is 1. The Morgan fingerprint density at radius 2 is 1.77 bits per heavy atom. The Hall–Kier alpha value is -2.93. The van der Waals surface area contributed by atoms with Crippen LogP contribution in [0.5, 0.6) is 0 Å². The summed E-state index contributed by atoms with van der Waals surface area (Å²) in [6.07, 6.45) is 5.04. The number of pyridine rings is 1. The van der Waals surface area contributed by atoms with Gasteiger partial charge in [-0.25, -0.2) is 8.42 Å². The smallest absolute Gasteiger partial charge is 0.251 e. The first-order valence-electron chi connectivity index (χ1n) is 10.3. The maximum absolute atomic E-state index is 12.8. The van der Waals surface area contributed by atoms with Crippen LogP contribution in [0.4, 0.5) is 5.69 Å². The molecule has 0 bridgehead atoms. The molecule has 2 aromatic carbocycles. The Kier molecular flexibility index (Phi) is 5.25. The number of anilines is 1. The fourth-order valence-corrected chi connectivity index (χ4v) is 4.33. The molecule has 1 amide bonds. The Balaban J connectivity index is 1.49. The van der Waals surface area contributed by atoms with Gasteiger partial charge in [-0.3, -0.25) is 14.5 Å². The van der Waals surface area contributed by atoms with Gasteiger partial charge < -0.3 is 5.32 Å². The van der Waals surface area contributed by atoms with E-state index in [-0.39, 0.29) is 11.9 Å². The van der Waals surface area contributed by atoms with E-state index in [1.54, 1.807) is 13.0 Å². The SMILES string of the molecule is Cc1cc([C@@H](C)NC(=O)c2ccc3cc(C4(C)CC4)ccc3c2)ncc1NS(C)(=O)=O. The van der Waals surface area contributed by atoms with E-state index in [0.29, 0.717) is 22.4 Å². The number of amides is 1. The van der Waals surface area contributed by atoms with Crippen molar-refractivity contribution in [2.45, 2.75) is 45.1 Å². The molecule has 0 radical (unpaired) electrons. The molecule has 7 heteroatoms. The summed E-state index contributed by atoms with van der Waals surface area (Å²) in [7, 11) is -3.37. The molecule has 1 saturated carbocycles. The molecular formula is C24H27N3O3S. The normalized spacial score (nSPS) is 16.0. The van der Waals surface area contributed by atoms with Gasteiger partial charge in [-0.1, -0.05) is 31.2 Å². The van der Waals surface area contributed by atoms with Gasteiger partial charge >= 0.3 is 0 Å². The first-order valence-corrected chi connectivity index (χ1v) is 12.2. The van der Waals surface area contributed by atoms with E-state index in [0.717, 1.165) is 22.6 Å². The lowest BCUT2D eigenvalue weighted by Gasteiger charge is -2.16. The molecule has 0 unspecified atom stereocenters. The average Bonchev–Trinajstić information content (AvgIpc) is 3.46. The van der Waals surface area contributed by atoms with Crippen molar-refractivity contribution in [2.75, 3.05) is 11.0 Å². The van der Waals surface area contributed by atoms with Crippen LogP contribution in [0, 0.1) is 6.92 Å². The molecule has 31 heavy (non-hydrogen) atoms. The first kappa shape index (κ1) is 21.3. The highest BCUT2D eigenvalue weighted by molar-refractivity contribution is 7.92. The van der Waals surface area contributed by atoms with E-state index < -0.39 is 10.0 Å². The highest BCUT2D eigenvalue weighted by Gasteiger charge is 2.38. The number of fused-ring (bicyclic) bond motifs is 1. The minimum Gasteiger partial charge on any atom is -0.344 e. The maximum Gasteiger partial charge on any atom is 0.251 e. The molecule has 0 saturated heterocycles. The summed E-state index contributed by atoms with van der Waals surface area (Å²) in [5, 5.41) is 5.16. The van der Waals surface area contributed by atoms with Crippen LogP contribution in [0.15, 0.2) is 48.7 Å². The van der Waals surface area contributed by atoms with E-state index in [1.165, 1.54) is 24.6 Å². The lowest BCUT2D eigenvalue weighted by molar-refractivity contribution is 0.0939. The summed E-state index contributed by atoms with van der Waals surface area (Å²) in [5.74, 6) is -0.176. The highest BCUT2D eigenvalue weighted by atomic mass is 32.2. The van der Waals surface area contributed by atoms with E-state index in [4.69, 9.17) is 0 Å². The number of carbonyl (C=O) groups is 1. The second-order valence-electron chi connectivity index (χ2n) is 8.83. The van der Waals surface area contributed by atoms with Crippen molar-refractivity contribution in [3.63, 3.8) is 0 Å². The summed E-state index contributed by atoms with van der Waals surface area (Å²) in [6.45, 7) is 5.94. The van der Waals surface area contributed by atoms with Crippen LogP contribution in [0.1, 0.15) is 59.9 Å². The lowest BCUT2D eigenvalue weighted by atomic mass is 9.95. The summed E-state index contributed by atoms with van der Waals surface area (Å²) in [4.78, 5) is 17.1. The zero-order chi connectivity index (χ0) is 22.4. The summed E-state index contributed by atoms with van der Waals surface area (Å²) < 4.78 is 25.3. The van der Waals surface area contributed by atoms with Crippen LogP contribution in [0.3, 0.4) is 0 Å². The molecule has 3 aromatic rings. The largest absolute Gasteiger partial charge is 0.344 e. The number of carbonyl (C=O) groups excluding carboxylic acids is 1. The van der Waals surface area contributed by atoms with Crippen molar-refractivity contribution in [3.8, 4) is 0 Å². The third-order valence-corrected chi connectivity index (χ3v) is 6.61. The van der Waals surface area contributed by atoms with E-state index in [2.05, 4.69) is 40.1 Å². The fourth-order valence-electron chi connectivity index (χ4n) is 3.71. The molecule has 1 aliphatic rings. The molecule has 6 nitrogen and oxygen atoms in total. The van der Waals surface area contributed by atoms with Gasteiger partial charge in [-0.15, -0.1) is 0 Å². The molecule has 1 heterocycles. The minimum atomic E-state index is -3.37. The van der Waals surface area contributed by atoms with Crippen molar-refractivity contribution in [2.24, 2.45) is 0 Å². The molecule has 162 valence electrons. The molecule has 1 atom stereocenters. The van der Waals surface area contributed by atoms with Gasteiger partial charge in [-0.05, 0) is 72.2 Å². The molecule has 1 aromatic heterocycles. The van der Waals surface area contributed by atoms with Crippen LogP contribution in [-0.4, -0.2) is 25.6 Å². The minimum absolute atomic E-state index is 0.176. The van der Waals surface area contributed by atoms with Gasteiger partial charge in [0, 0.05) is 5.56 Å². The summed E-state index contributed by atoms with van der Waals surface area (Å²) in [6, 6.07) is 13.7.